The number of hydrogen-bond donors (Lipinski definition) is 0. The van der Waals surface area contributed by atoms with Crippen LogP contribution in [0.15, 0.2) is 45.8 Å². The smallest absolute Gasteiger partial charge is 0.275 e. The van der Waals surface area contributed by atoms with Crippen LogP contribution < -0.4 is 10.3 Å². The first-order valence-corrected chi connectivity index (χ1v) is 8.83. The monoisotopic (exact) mass is 478 g/mol. The summed E-state index contributed by atoms with van der Waals surface area (Å²) in [5.74, 6) is -3.32. The van der Waals surface area contributed by atoms with Gasteiger partial charge < -0.3 is 4.74 Å². The standard InChI is InChI=1S/C17H8BrCl2F3N2O2/c18-17-14(27-7-9-12(22)4-8(21)5-13(9)23)6-15(26)25(24-17)16-10(19)2-1-3-11(16)20/h1-6H,7H2. The lowest BCUT2D eigenvalue weighted by Gasteiger charge is -2.12. The third-order valence-electron chi connectivity index (χ3n) is 3.48. The lowest BCUT2D eigenvalue weighted by Crippen LogP contribution is -2.22. The van der Waals surface area contributed by atoms with E-state index in [4.69, 9.17) is 27.9 Å². The summed E-state index contributed by atoms with van der Waals surface area (Å²) in [4.78, 5) is 12.4. The molecule has 3 rings (SSSR count). The molecule has 0 bridgehead atoms. The van der Waals surface area contributed by atoms with Gasteiger partial charge in [0.25, 0.3) is 5.56 Å². The molecule has 0 radical (unpaired) electrons. The Kier molecular flexibility index (Phi) is 5.78. The predicted octanol–water partition coefficient (Wildman–Crippen LogP) is 5.30. The minimum absolute atomic E-state index is 0.0671. The lowest BCUT2D eigenvalue weighted by atomic mass is 10.2. The Morgan fingerprint density at radius 1 is 1.07 bits per heavy atom. The van der Waals surface area contributed by atoms with Crippen molar-refractivity contribution >= 4 is 39.1 Å². The Balaban J connectivity index is 1.94. The van der Waals surface area contributed by atoms with Crippen molar-refractivity contribution in [1.82, 2.24) is 9.78 Å². The maximum Gasteiger partial charge on any atom is 0.275 e. The summed E-state index contributed by atoms with van der Waals surface area (Å²) in [6.07, 6.45) is 0. The van der Waals surface area contributed by atoms with Gasteiger partial charge in [0.05, 0.1) is 21.7 Å². The summed E-state index contributed by atoms with van der Waals surface area (Å²) in [5, 5.41) is 4.42. The van der Waals surface area contributed by atoms with Crippen LogP contribution in [0.25, 0.3) is 5.69 Å². The average molecular weight is 480 g/mol. The molecule has 0 aliphatic heterocycles. The first-order chi connectivity index (χ1) is 12.8. The average Bonchev–Trinajstić information content (AvgIpc) is 2.57. The van der Waals surface area contributed by atoms with E-state index in [2.05, 4.69) is 21.0 Å². The van der Waals surface area contributed by atoms with Crippen molar-refractivity contribution in [2.75, 3.05) is 0 Å². The largest absolute Gasteiger partial charge is 0.486 e. The van der Waals surface area contributed by atoms with Crippen LogP contribution in [-0.2, 0) is 6.61 Å². The molecule has 0 aliphatic carbocycles. The van der Waals surface area contributed by atoms with E-state index in [1.165, 1.54) is 12.1 Å². The molecular weight excluding hydrogens is 472 g/mol. The van der Waals surface area contributed by atoms with E-state index in [-0.39, 0.29) is 26.1 Å². The molecule has 4 nitrogen and oxygen atoms in total. The highest BCUT2D eigenvalue weighted by Gasteiger charge is 2.17. The highest BCUT2D eigenvalue weighted by molar-refractivity contribution is 9.10. The molecule has 0 N–H and O–H groups in total. The molecule has 0 amide bonds. The van der Waals surface area contributed by atoms with E-state index in [1.807, 2.05) is 0 Å². The van der Waals surface area contributed by atoms with Crippen LogP contribution in [0.4, 0.5) is 13.2 Å². The number of hydrogen-bond acceptors (Lipinski definition) is 3. The van der Waals surface area contributed by atoms with Gasteiger partial charge in [-0.3, -0.25) is 4.79 Å². The second-order valence-corrected chi connectivity index (χ2v) is 6.82. The van der Waals surface area contributed by atoms with Crippen LogP contribution >= 0.6 is 39.1 Å². The number of benzene rings is 2. The van der Waals surface area contributed by atoms with Crippen LogP contribution in [-0.4, -0.2) is 9.78 Å². The SMILES string of the molecule is O=c1cc(OCc2c(F)cc(F)cc2F)c(Br)nn1-c1c(Cl)cccc1Cl. The third-order valence-corrected chi connectivity index (χ3v) is 4.64. The number of aromatic nitrogens is 2. The maximum atomic E-state index is 13.7. The van der Waals surface area contributed by atoms with Crippen LogP contribution in [0.5, 0.6) is 5.75 Å². The molecule has 0 fully saturated rings. The van der Waals surface area contributed by atoms with Gasteiger partial charge in [-0.15, -0.1) is 0 Å². The molecule has 1 heterocycles. The zero-order chi connectivity index (χ0) is 19.7. The summed E-state index contributed by atoms with van der Waals surface area (Å²) in [5.41, 5.74) is -0.946. The topological polar surface area (TPSA) is 44.1 Å². The van der Waals surface area contributed by atoms with Gasteiger partial charge in [-0.2, -0.15) is 9.78 Å². The van der Waals surface area contributed by atoms with Crippen molar-refractivity contribution in [2.45, 2.75) is 6.61 Å². The number of ether oxygens (including phenoxy) is 1. The van der Waals surface area contributed by atoms with E-state index in [1.54, 1.807) is 6.07 Å². The lowest BCUT2D eigenvalue weighted by molar-refractivity contribution is 0.287. The molecule has 0 spiro atoms. The highest BCUT2D eigenvalue weighted by Crippen LogP contribution is 2.29. The highest BCUT2D eigenvalue weighted by atomic mass is 79.9. The van der Waals surface area contributed by atoms with E-state index < -0.39 is 35.2 Å². The summed E-state index contributed by atoms with van der Waals surface area (Å²) >= 11 is 15.3. The summed E-state index contributed by atoms with van der Waals surface area (Å²) in [7, 11) is 0. The van der Waals surface area contributed by atoms with E-state index >= 15 is 0 Å². The Morgan fingerprint density at radius 3 is 2.26 bits per heavy atom. The van der Waals surface area contributed by atoms with Gasteiger partial charge in [-0.25, -0.2) is 13.2 Å². The molecular formula is C17H8BrCl2F3N2O2. The van der Waals surface area contributed by atoms with Gasteiger partial charge in [0.2, 0.25) is 0 Å². The van der Waals surface area contributed by atoms with Crippen molar-refractivity contribution < 1.29 is 17.9 Å². The second kappa shape index (κ2) is 7.92. The van der Waals surface area contributed by atoms with Crippen molar-refractivity contribution in [3.8, 4) is 11.4 Å². The quantitative estimate of drug-likeness (QED) is 0.510. The fraction of sp³-hybridized carbons (Fsp3) is 0.0588. The molecule has 0 unspecified atom stereocenters. The van der Waals surface area contributed by atoms with Gasteiger partial charge in [0, 0.05) is 12.1 Å². The number of para-hydroxylation sites is 1. The van der Waals surface area contributed by atoms with Crippen LogP contribution in [0, 0.1) is 17.5 Å². The molecule has 10 heteroatoms. The molecule has 0 atom stereocenters. The molecule has 0 aliphatic rings. The molecule has 27 heavy (non-hydrogen) atoms. The van der Waals surface area contributed by atoms with Gasteiger partial charge >= 0.3 is 0 Å². The Labute approximate surface area is 169 Å². The third kappa shape index (κ3) is 4.12. The Morgan fingerprint density at radius 2 is 1.67 bits per heavy atom. The molecule has 0 saturated heterocycles. The van der Waals surface area contributed by atoms with Gasteiger partial charge in [-0.05, 0) is 28.1 Å². The van der Waals surface area contributed by atoms with E-state index in [0.717, 1.165) is 10.7 Å². The zero-order valence-corrected chi connectivity index (χ0v) is 16.2. The fourth-order valence-corrected chi connectivity index (χ4v) is 3.18. The minimum atomic E-state index is -1.10. The normalized spacial score (nSPS) is 10.9. The fourth-order valence-electron chi connectivity index (χ4n) is 2.23. The van der Waals surface area contributed by atoms with Crippen LogP contribution in [0.3, 0.4) is 0 Å². The van der Waals surface area contributed by atoms with Gasteiger partial charge in [-0.1, -0.05) is 29.3 Å². The number of nitrogens with zero attached hydrogens (tertiary/aromatic N) is 2. The molecule has 3 aromatic rings. The minimum Gasteiger partial charge on any atom is -0.486 e. The van der Waals surface area contributed by atoms with Crippen molar-refractivity contribution in [1.29, 1.82) is 0 Å². The summed E-state index contributed by atoms with van der Waals surface area (Å²) < 4.78 is 46.6. The van der Waals surface area contributed by atoms with Gasteiger partial charge in [0.15, 0.2) is 10.4 Å². The van der Waals surface area contributed by atoms with Crippen molar-refractivity contribution in [3.05, 3.63) is 84.4 Å². The molecule has 1 aromatic heterocycles. The number of rotatable bonds is 4. The summed E-state index contributed by atoms with van der Waals surface area (Å²) in [6.45, 7) is -0.575. The van der Waals surface area contributed by atoms with Crippen LogP contribution in [0.1, 0.15) is 5.56 Å². The Bertz CT molecular complexity index is 1050. The van der Waals surface area contributed by atoms with Crippen LogP contribution in [0.2, 0.25) is 10.0 Å². The molecule has 140 valence electrons. The Hall–Kier alpha value is -2.03. The van der Waals surface area contributed by atoms with E-state index in [0.29, 0.717) is 12.1 Å². The van der Waals surface area contributed by atoms with Gasteiger partial charge in [0.1, 0.15) is 29.7 Å². The molecule has 0 saturated carbocycles. The first-order valence-electron chi connectivity index (χ1n) is 7.28. The predicted molar refractivity (Wildman–Crippen MR) is 98.2 cm³/mol. The van der Waals surface area contributed by atoms with Crippen molar-refractivity contribution in [3.63, 3.8) is 0 Å². The molecule has 2 aromatic carbocycles. The maximum absolute atomic E-state index is 13.7. The second-order valence-electron chi connectivity index (χ2n) is 5.26. The van der Waals surface area contributed by atoms with E-state index in [9.17, 15) is 18.0 Å². The number of halogens is 6. The summed E-state index contributed by atoms with van der Waals surface area (Å²) in [6, 6.07) is 6.80. The van der Waals surface area contributed by atoms with Crippen molar-refractivity contribution in [2.24, 2.45) is 0 Å². The zero-order valence-electron chi connectivity index (χ0n) is 13.1. The first kappa shape index (κ1) is 19.7.